The minimum Gasteiger partial charge on any atom is -0.494 e. The Hall–Kier alpha value is -2.04. The van der Waals surface area contributed by atoms with E-state index in [0.717, 1.165) is 17.5 Å². The minimum absolute atomic E-state index is 0.176. The van der Waals surface area contributed by atoms with Crippen LogP contribution >= 0.6 is 0 Å². The van der Waals surface area contributed by atoms with E-state index >= 15 is 0 Å². The Balaban J connectivity index is 2.47. The van der Waals surface area contributed by atoms with Crippen molar-refractivity contribution in [2.45, 2.75) is 20.3 Å². The number of benzene rings is 1. The van der Waals surface area contributed by atoms with Crippen LogP contribution in [0.25, 0.3) is 11.3 Å². The Bertz CT molecular complexity index is 579. The summed E-state index contributed by atoms with van der Waals surface area (Å²) >= 11 is 0. The second-order valence-corrected chi connectivity index (χ2v) is 4.82. The zero-order valence-electron chi connectivity index (χ0n) is 11.2. The first kappa shape index (κ1) is 13.4. The van der Waals surface area contributed by atoms with Gasteiger partial charge in [0.15, 0.2) is 11.6 Å². The number of methoxy groups -OCH3 is 1. The number of hydrogen-bond donors (Lipinski definition) is 1. The smallest absolute Gasteiger partial charge is 0.225 e. The van der Waals surface area contributed by atoms with Gasteiger partial charge in [-0.05, 0) is 30.5 Å². The molecule has 0 radical (unpaired) electrons. The molecule has 0 aliphatic rings. The molecule has 0 aliphatic carbocycles. The fourth-order valence-corrected chi connectivity index (χ4v) is 1.96. The zero-order chi connectivity index (χ0) is 14.0. The van der Waals surface area contributed by atoms with E-state index < -0.39 is 5.82 Å². The molecule has 2 rings (SSSR count). The SMILES string of the molecule is COc1cc(-c2noc(N)c2CC(C)C)ccc1F. The van der Waals surface area contributed by atoms with Crippen molar-refractivity contribution >= 4 is 5.88 Å². The number of halogens is 1. The van der Waals surface area contributed by atoms with Crippen LogP contribution in [-0.2, 0) is 6.42 Å². The van der Waals surface area contributed by atoms with Crippen LogP contribution in [-0.4, -0.2) is 12.3 Å². The molecule has 19 heavy (non-hydrogen) atoms. The van der Waals surface area contributed by atoms with Gasteiger partial charge in [-0.1, -0.05) is 19.0 Å². The van der Waals surface area contributed by atoms with Crippen molar-refractivity contribution in [3.8, 4) is 17.0 Å². The molecule has 0 spiro atoms. The summed E-state index contributed by atoms with van der Waals surface area (Å²) in [6, 6.07) is 4.58. The van der Waals surface area contributed by atoms with Gasteiger partial charge in [-0.3, -0.25) is 0 Å². The topological polar surface area (TPSA) is 61.3 Å². The predicted molar refractivity (Wildman–Crippen MR) is 71.4 cm³/mol. The maximum atomic E-state index is 13.4. The number of anilines is 1. The molecule has 0 saturated heterocycles. The first-order chi connectivity index (χ1) is 9.02. The van der Waals surface area contributed by atoms with Crippen LogP contribution < -0.4 is 10.5 Å². The van der Waals surface area contributed by atoms with E-state index in [4.69, 9.17) is 15.0 Å². The van der Waals surface area contributed by atoms with Gasteiger partial charge in [0.2, 0.25) is 5.88 Å². The molecule has 1 aromatic heterocycles. The molecular weight excluding hydrogens is 247 g/mol. The highest BCUT2D eigenvalue weighted by atomic mass is 19.1. The summed E-state index contributed by atoms with van der Waals surface area (Å²) in [5.74, 6) is 0.498. The number of nitrogen functional groups attached to an aromatic ring is 1. The summed E-state index contributed by atoms with van der Waals surface area (Å²) in [5.41, 5.74) is 8.02. The molecule has 2 N–H and O–H groups in total. The van der Waals surface area contributed by atoms with Crippen molar-refractivity contribution in [3.05, 3.63) is 29.6 Å². The second kappa shape index (κ2) is 5.30. The van der Waals surface area contributed by atoms with Gasteiger partial charge in [0.1, 0.15) is 5.69 Å². The van der Waals surface area contributed by atoms with Crippen LogP contribution in [0.15, 0.2) is 22.7 Å². The van der Waals surface area contributed by atoms with Crippen molar-refractivity contribution < 1.29 is 13.7 Å². The van der Waals surface area contributed by atoms with Crippen molar-refractivity contribution in [3.63, 3.8) is 0 Å². The van der Waals surface area contributed by atoms with Gasteiger partial charge in [-0.15, -0.1) is 0 Å². The summed E-state index contributed by atoms with van der Waals surface area (Å²) in [6.07, 6.45) is 0.754. The first-order valence-corrected chi connectivity index (χ1v) is 6.10. The van der Waals surface area contributed by atoms with Crippen molar-refractivity contribution in [2.75, 3.05) is 12.8 Å². The zero-order valence-corrected chi connectivity index (χ0v) is 11.2. The number of aromatic nitrogens is 1. The number of nitrogens with zero attached hydrogens (tertiary/aromatic N) is 1. The highest BCUT2D eigenvalue weighted by Crippen LogP contribution is 2.32. The fourth-order valence-electron chi connectivity index (χ4n) is 1.96. The molecule has 5 heteroatoms. The van der Waals surface area contributed by atoms with Crippen LogP contribution in [0.3, 0.4) is 0 Å². The molecule has 0 unspecified atom stereocenters. The van der Waals surface area contributed by atoms with Crippen LogP contribution in [0.1, 0.15) is 19.4 Å². The lowest BCUT2D eigenvalue weighted by Gasteiger charge is -2.07. The maximum absolute atomic E-state index is 13.4. The quantitative estimate of drug-likeness (QED) is 0.920. The average molecular weight is 264 g/mol. The highest BCUT2D eigenvalue weighted by molar-refractivity contribution is 5.68. The summed E-state index contributed by atoms with van der Waals surface area (Å²) < 4.78 is 23.4. The van der Waals surface area contributed by atoms with Crippen LogP contribution in [0, 0.1) is 11.7 Å². The molecule has 0 bridgehead atoms. The molecule has 0 aliphatic heterocycles. The Morgan fingerprint density at radius 3 is 2.79 bits per heavy atom. The standard InChI is InChI=1S/C14H17FN2O2/c1-8(2)6-10-13(17-19-14(10)16)9-4-5-11(15)12(7-9)18-3/h4-5,7-8H,6,16H2,1-3H3. The normalized spacial score (nSPS) is 11.0. The molecule has 0 amide bonds. The van der Waals surface area contributed by atoms with E-state index in [1.165, 1.54) is 13.2 Å². The lowest BCUT2D eigenvalue weighted by Crippen LogP contribution is -1.99. The van der Waals surface area contributed by atoms with Gasteiger partial charge in [0.05, 0.1) is 7.11 Å². The molecule has 0 fully saturated rings. The van der Waals surface area contributed by atoms with E-state index in [0.29, 0.717) is 17.5 Å². The van der Waals surface area contributed by atoms with Crippen molar-refractivity contribution in [1.29, 1.82) is 0 Å². The lowest BCUT2D eigenvalue weighted by atomic mass is 9.99. The van der Waals surface area contributed by atoms with Gasteiger partial charge in [0.25, 0.3) is 0 Å². The third-order valence-corrected chi connectivity index (χ3v) is 2.86. The monoisotopic (exact) mass is 264 g/mol. The Kier molecular flexibility index (Phi) is 3.74. The van der Waals surface area contributed by atoms with Gasteiger partial charge >= 0.3 is 0 Å². The van der Waals surface area contributed by atoms with Crippen LogP contribution in [0.4, 0.5) is 10.3 Å². The van der Waals surface area contributed by atoms with Gasteiger partial charge in [0, 0.05) is 11.1 Å². The van der Waals surface area contributed by atoms with E-state index in [1.807, 2.05) is 0 Å². The fraction of sp³-hybridized carbons (Fsp3) is 0.357. The second-order valence-electron chi connectivity index (χ2n) is 4.82. The molecule has 102 valence electrons. The third-order valence-electron chi connectivity index (χ3n) is 2.86. The molecule has 0 atom stereocenters. The average Bonchev–Trinajstić information content (AvgIpc) is 2.71. The summed E-state index contributed by atoms with van der Waals surface area (Å²) in [5, 5.41) is 3.97. The molecule has 1 heterocycles. The largest absolute Gasteiger partial charge is 0.494 e. The summed E-state index contributed by atoms with van der Waals surface area (Å²) in [4.78, 5) is 0. The predicted octanol–water partition coefficient (Wildman–Crippen LogP) is 3.27. The lowest BCUT2D eigenvalue weighted by molar-refractivity contribution is 0.386. The van der Waals surface area contributed by atoms with Gasteiger partial charge in [-0.2, -0.15) is 0 Å². The van der Waals surface area contributed by atoms with Crippen LogP contribution in [0.2, 0.25) is 0 Å². The molecular formula is C14H17FN2O2. The highest BCUT2D eigenvalue weighted by Gasteiger charge is 2.17. The van der Waals surface area contributed by atoms with Crippen LogP contribution in [0.5, 0.6) is 5.75 Å². The van der Waals surface area contributed by atoms with Gasteiger partial charge < -0.3 is 15.0 Å². The molecule has 0 saturated carbocycles. The van der Waals surface area contributed by atoms with Crippen molar-refractivity contribution in [1.82, 2.24) is 5.16 Å². The first-order valence-electron chi connectivity index (χ1n) is 6.10. The van der Waals surface area contributed by atoms with E-state index in [-0.39, 0.29) is 5.75 Å². The van der Waals surface area contributed by atoms with Gasteiger partial charge in [-0.25, -0.2) is 4.39 Å². The van der Waals surface area contributed by atoms with E-state index in [1.54, 1.807) is 12.1 Å². The number of ether oxygens (including phenoxy) is 1. The Labute approximate surface area is 111 Å². The Morgan fingerprint density at radius 1 is 1.42 bits per heavy atom. The summed E-state index contributed by atoms with van der Waals surface area (Å²) in [7, 11) is 1.42. The Morgan fingerprint density at radius 2 is 2.16 bits per heavy atom. The minimum atomic E-state index is -0.409. The van der Waals surface area contributed by atoms with E-state index in [9.17, 15) is 4.39 Å². The number of rotatable bonds is 4. The number of nitrogens with two attached hydrogens (primary N) is 1. The molecule has 4 nitrogen and oxygen atoms in total. The third kappa shape index (κ3) is 2.70. The van der Waals surface area contributed by atoms with Crippen molar-refractivity contribution in [2.24, 2.45) is 5.92 Å². The number of hydrogen-bond acceptors (Lipinski definition) is 4. The van der Waals surface area contributed by atoms with E-state index in [2.05, 4.69) is 19.0 Å². The molecule has 2 aromatic rings. The maximum Gasteiger partial charge on any atom is 0.225 e. The summed E-state index contributed by atoms with van der Waals surface area (Å²) in [6.45, 7) is 4.17. The molecule has 1 aromatic carbocycles.